The van der Waals surface area contributed by atoms with Gasteiger partial charge in [-0.1, -0.05) is 29.8 Å². The highest BCUT2D eigenvalue weighted by molar-refractivity contribution is 6.30. The average molecular weight is 401 g/mol. The number of likely N-dealkylation sites (N-methyl/N-ethyl adjacent to an activating group) is 1. The number of hydrogen-bond donors (Lipinski definition) is 2. The molecule has 2 heterocycles. The molecule has 0 aliphatic carbocycles. The zero-order chi connectivity index (χ0) is 19.8. The van der Waals surface area contributed by atoms with Gasteiger partial charge in [-0.15, -0.1) is 0 Å². The molecular formula is C21H29ClN6. The van der Waals surface area contributed by atoms with Crippen LogP contribution in [0.1, 0.15) is 11.1 Å². The van der Waals surface area contributed by atoms with E-state index in [0.29, 0.717) is 6.54 Å². The van der Waals surface area contributed by atoms with E-state index in [4.69, 9.17) is 11.6 Å². The Morgan fingerprint density at radius 1 is 1.14 bits per heavy atom. The van der Waals surface area contributed by atoms with Gasteiger partial charge in [0, 0.05) is 63.1 Å². The number of nitrogens with zero attached hydrogens (tertiary/aromatic N) is 4. The monoisotopic (exact) mass is 400 g/mol. The van der Waals surface area contributed by atoms with Gasteiger partial charge in [0.2, 0.25) is 0 Å². The first-order valence-corrected chi connectivity index (χ1v) is 10.1. The van der Waals surface area contributed by atoms with Crippen LogP contribution in [0.4, 0.5) is 5.82 Å². The summed E-state index contributed by atoms with van der Waals surface area (Å²) >= 11 is 6.05. The summed E-state index contributed by atoms with van der Waals surface area (Å²) in [4.78, 5) is 13.7. The lowest BCUT2D eigenvalue weighted by atomic mass is 10.1. The molecule has 1 aromatic heterocycles. The number of pyridine rings is 1. The number of aromatic nitrogens is 1. The van der Waals surface area contributed by atoms with Crippen molar-refractivity contribution in [2.45, 2.75) is 13.0 Å². The first-order chi connectivity index (χ1) is 13.7. The number of anilines is 1. The topological polar surface area (TPSA) is 55.8 Å². The third-order valence-corrected chi connectivity index (χ3v) is 5.17. The zero-order valence-corrected chi connectivity index (χ0v) is 17.4. The fourth-order valence-electron chi connectivity index (χ4n) is 3.29. The van der Waals surface area contributed by atoms with Crippen molar-refractivity contribution < 1.29 is 0 Å². The smallest absolute Gasteiger partial charge is 0.191 e. The second kappa shape index (κ2) is 10.3. The van der Waals surface area contributed by atoms with Crippen molar-refractivity contribution in [2.24, 2.45) is 4.99 Å². The SMILES string of the molecule is CN=C(NCCc1cccc(Cl)c1)NCc1cccnc1N1CCN(C)CC1. The van der Waals surface area contributed by atoms with Crippen LogP contribution in [0, 0.1) is 0 Å². The van der Waals surface area contributed by atoms with Gasteiger partial charge in [-0.05, 0) is 37.2 Å². The normalized spacial score (nSPS) is 15.5. The number of guanidine groups is 1. The molecule has 1 saturated heterocycles. The first kappa shape index (κ1) is 20.4. The van der Waals surface area contributed by atoms with E-state index in [9.17, 15) is 0 Å². The van der Waals surface area contributed by atoms with Crippen molar-refractivity contribution in [2.75, 3.05) is 51.7 Å². The second-order valence-electron chi connectivity index (χ2n) is 7.01. The van der Waals surface area contributed by atoms with Gasteiger partial charge in [0.1, 0.15) is 5.82 Å². The fraction of sp³-hybridized carbons (Fsp3) is 0.429. The average Bonchev–Trinajstić information content (AvgIpc) is 2.71. The zero-order valence-electron chi connectivity index (χ0n) is 16.7. The number of nitrogens with one attached hydrogen (secondary N) is 2. The van der Waals surface area contributed by atoms with Crippen LogP contribution in [-0.2, 0) is 13.0 Å². The number of aliphatic imine (C=N–C) groups is 1. The summed E-state index contributed by atoms with van der Waals surface area (Å²) < 4.78 is 0. The Bertz CT molecular complexity index is 786. The lowest BCUT2D eigenvalue weighted by Gasteiger charge is -2.34. The Kier molecular flexibility index (Phi) is 7.51. The Hall–Kier alpha value is -2.31. The standard InChI is InChI=1S/C21H29ClN6/c1-23-21(25-10-8-17-5-3-7-19(22)15-17)26-16-18-6-4-9-24-20(18)28-13-11-27(2)12-14-28/h3-7,9,15H,8,10-14,16H2,1-2H3,(H2,23,25,26). The summed E-state index contributed by atoms with van der Waals surface area (Å²) in [5, 5.41) is 7.55. The molecule has 1 fully saturated rings. The molecule has 2 N–H and O–H groups in total. The minimum Gasteiger partial charge on any atom is -0.356 e. The summed E-state index contributed by atoms with van der Waals surface area (Å²) in [6.45, 7) is 5.62. The van der Waals surface area contributed by atoms with Gasteiger partial charge in [0.05, 0.1) is 0 Å². The van der Waals surface area contributed by atoms with Crippen LogP contribution >= 0.6 is 11.6 Å². The van der Waals surface area contributed by atoms with Crippen molar-refractivity contribution in [1.82, 2.24) is 20.5 Å². The predicted molar refractivity (Wildman–Crippen MR) is 117 cm³/mol. The van der Waals surface area contributed by atoms with E-state index in [1.165, 1.54) is 11.1 Å². The van der Waals surface area contributed by atoms with Crippen LogP contribution in [0.2, 0.25) is 5.02 Å². The minimum absolute atomic E-state index is 0.687. The van der Waals surface area contributed by atoms with E-state index >= 15 is 0 Å². The molecule has 0 radical (unpaired) electrons. The Balaban J connectivity index is 1.52. The Morgan fingerprint density at radius 3 is 2.71 bits per heavy atom. The predicted octanol–water partition coefficient (Wildman–Crippen LogP) is 2.39. The van der Waals surface area contributed by atoms with Crippen molar-refractivity contribution in [1.29, 1.82) is 0 Å². The van der Waals surface area contributed by atoms with Crippen LogP contribution in [0.25, 0.3) is 0 Å². The fourth-order valence-corrected chi connectivity index (χ4v) is 3.50. The van der Waals surface area contributed by atoms with Gasteiger partial charge in [-0.25, -0.2) is 4.98 Å². The molecule has 0 unspecified atom stereocenters. The third-order valence-electron chi connectivity index (χ3n) is 4.94. The lowest BCUT2D eigenvalue weighted by molar-refractivity contribution is 0.312. The summed E-state index contributed by atoms with van der Waals surface area (Å²) in [7, 11) is 3.95. The van der Waals surface area contributed by atoms with Gasteiger partial charge in [-0.3, -0.25) is 4.99 Å². The molecule has 1 aromatic carbocycles. The molecule has 7 heteroatoms. The number of piperazine rings is 1. The molecule has 0 amide bonds. The lowest BCUT2D eigenvalue weighted by Crippen LogP contribution is -2.45. The number of benzene rings is 1. The summed E-state index contributed by atoms with van der Waals surface area (Å²) in [5.41, 5.74) is 2.39. The Labute approximate surface area is 172 Å². The van der Waals surface area contributed by atoms with Gasteiger partial charge >= 0.3 is 0 Å². The van der Waals surface area contributed by atoms with Crippen molar-refractivity contribution >= 4 is 23.4 Å². The van der Waals surface area contributed by atoms with Crippen molar-refractivity contribution in [3.05, 3.63) is 58.7 Å². The van der Waals surface area contributed by atoms with E-state index in [1.807, 2.05) is 30.5 Å². The van der Waals surface area contributed by atoms with E-state index in [-0.39, 0.29) is 0 Å². The number of rotatable bonds is 6. The molecule has 0 atom stereocenters. The van der Waals surface area contributed by atoms with Crippen LogP contribution in [-0.4, -0.2) is 62.7 Å². The summed E-state index contributed by atoms with van der Waals surface area (Å²) in [6.07, 6.45) is 2.76. The van der Waals surface area contributed by atoms with Crippen LogP contribution in [0.15, 0.2) is 47.6 Å². The second-order valence-corrected chi connectivity index (χ2v) is 7.45. The quantitative estimate of drug-likeness (QED) is 0.576. The number of halogens is 1. The van der Waals surface area contributed by atoms with Gasteiger partial charge in [-0.2, -0.15) is 0 Å². The molecule has 28 heavy (non-hydrogen) atoms. The highest BCUT2D eigenvalue weighted by Crippen LogP contribution is 2.18. The van der Waals surface area contributed by atoms with Crippen LogP contribution < -0.4 is 15.5 Å². The molecule has 6 nitrogen and oxygen atoms in total. The molecule has 0 spiro atoms. The van der Waals surface area contributed by atoms with E-state index in [1.54, 1.807) is 7.05 Å². The highest BCUT2D eigenvalue weighted by atomic mass is 35.5. The molecular weight excluding hydrogens is 372 g/mol. The van der Waals surface area contributed by atoms with Crippen LogP contribution in [0.3, 0.4) is 0 Å². The first-order valence-electron chi connectivity index (χ1n) is 9.72. The molecule has 3 rings (SSSR count). The van der Waals surface area contributed by atoms with Gasteiger partial charge < -0.3 is 20.4 Å². The largest absolute Gasteiger partial charge is 0.356 e. The minimum atomic E-state index is 0.687. The van der Waals surface area contributed by atoms with E-state index < -0.39 is 0 Å². The number of hydrogen-bond acceptors (Lipinski definition) is 4. The maximum absolute atomic E-state index is 6.05. The summed E-state index contributed by atoms with van der Waals surface area (Å²) in [5.74, 6) is 1.85. The maximum Gasteiger partial charge on any atom is 0.191 e. The van der Waals surface area contributed by atoms with Crippen molar-refractivity contribution in [3.63, 3.8) is 0 Å². The van der Waals surface area contributed by atoms with E-state index in [2.05, 4.69) is 49.6 Å². The van der Waals surface area contributed by atoms with Gasteiger partial charge in [0.15, 0.2) is 5.96 Å². The van der Waals surface area contributed by atoms with Crippen LogP contribution in [0.5, 0.6) is 0 Å². The molecule has 2 aromatic rings. The molecule has 1 aliphatic rings. The summed E-state index contributed by atoms with van der Waals surface area (Å²) in [6, 6.07) is 12.1. The van der Waals surface area contributed by atoms with E-state index in [0.717, 1.165) is 55.9 Å². The molecule has 1 aliphatic heterocycles. The van der Waals surface area contributed by atoms with Gasteiger partial charge in [0.25, 0.3) is 0 Å². The molecule has 150 valence electrons. The molecule has 0 bridgehead atoms. The third kappa shape index (κ3) is 5.84. The Morgan fingerprint density at radius 2 is 1.96 bits per heavy atom. The molecule has 0 saturated carbocycles. The highest BCUT2D eigenvalue weighted by Gasteiger charge is 2.17. The maximum atomic E-state index is 6.05. The van der Waals surface area contributed by atoms with Crippen molar-refractivity contribution in [3.8, 4) is 0 Å².